The maximum absolute atomic E-state index is 11.0. The quantitative estimate of drug-likeness (QED) is 0.775. The van der Waals surface area contributed by atoms with Crippen LogP contribution in [0.4, 0.5) is 5.69 Å². The second-order valence-electron chi connectivity index (χ2n) is 6.13. The number of hydrogen-bond donors (Lipinski definition) is 2. The number of carbonyl (C=O) groups is 1. The molecule has 1 heterocycles. The maximum atomic E-state index is 11.0. The van der Waals surface area contributed by atoms with E-state index in [1.807, 2.05) is 30.3 Å². The molecule has 2 aromatic rings. The fourth-order valence-corrected chi connectivity index (χ4v) is 3.91. The van der Waals surface area contributed by atoms with Crippen LogP contribution in [0.2, 0.25) is 5.02 Å². The summed E-state index contributed by atoms with van der Waals surface area (Å²) in [6.07, 6.45) is 5.50. The first-order valence-corrected chi connectivity index (χ1v) is 8.07. The van der Waals surface area contributed by atoms with Crippen LogP contribution in [0.3, 0.4) is 0 Å². The van der Waals surface area contributed by atoms with Gasteiger partial charge in [-0.15, -0.1) is 0 Å². The molecule has 3 atom stereocenters. The lowest BCUT2D eigenvalue weighted by Crippen LogP contribution is -2.29. The van der Waals surface area contributed by atoms with Crippen molar-refractivity contribution in [2.45, 2.75) is 18.4 Å². The van der Waals surface area contributed by atoms with Gasteiger partial charge in [-0.25, -0.2) is 4.79 Å². The monoisotopic (exact) mass is 325 g/mol. The third kappa shape index (κ3) is 2.41. The summed E-state index contributed by atoms with van der Waals surface area (Å²) in [6.45, 7) is 0. The molecule has 116 valence electrons. The summed E-state index contributed by atoms with van der Waals surface area (Å²) in [6, 6.07) is 13.3. The molecular weight excluding hydrogens is 310 g/mol. The highest BCUT2D eigenvalue weighted by molar-refractivity contribution is 6.30. The highest BCUT2D eigenvalue weighted by Gasteiger charge is 2.37. The number of rotatable bonds is 2. The Morgan fingerprint density at radius 3 is 2.70 bits per heavy atom. The molecule has 0 saturated heterocycles. The van der Waals surface area contributed by atoms with Crippen molar-refractivity contribution in [3.05, 3.63) is 76.3 Å². The number of halogens is 1. The Hall–Kier alpha value is -2.26. The van der Waals surface area contributed by atoms with Crippen molar-refractivity contribution in [3.63, 3.8) is 0 Å². The van der Waals surface area contributed by atoms with Gasteiger partial charge in [0, 0.05) is 16.6 Å². The van der Waals surface area contributed by atoms with Crippen molar-refractivity contribution in [3.8, 4) is 0 Å². The topological polar surface area (TPSA) is 49.3 Å². The van der Waals surface area contributed by atoms with Crippen LogP contribution in [-0.2, 0) is 0 Å². The molecule has 3 nitrogen and oxygen atoms in total. The van der Waals surface area contributed by atoms with Crippen LogP contribution in [0.25, 0.3) is 0 Å². The van der Waals surface area contributed by atoms with Gasteiger partial charge in [-0.3, -0.25) is 0 Å². The number of fused-ring (bicyclic) bond motifs is 3. The molecule has 2 aliphatic rings. The van der Waals surface area contributed by atoms with Gasteiger partial charge in [0.05, 0.1) is 11.6 Å². The number of allylic oxidation sites excluding steroid dienone is 2. The molecule has 23 heavy (non-hydrogen) atoms. The van der Waals surface area contributed by atoms with E-state index in [1.54, 1.807) is 12.1 Å². The van der Waals surface area contributed by atoms with E-state index in [1.165, 1.54) is 5.56 Å². The van der Waals surface area contributed by atoms with Crippen molar-refractivity contribution in [2.24, 2.45) is 5.92 Å². The molecule has 0 aromatic heterocycles. The van der Waals surface area contributed by atoms with E-state index < -0.39 is 5.97 Å². The minimum absolute atomic E-state index is 0.173. The van der Waals surface area contributed by atoms with Crippen LogP contribution in [0.5, 0.6) is 0 Å². The van der Waals surface area contributed by atoms with Gasteiger partial charge >= 0.3 is 5.97 Å². The molecule has 0 radical (unpaired) electrons. The zero-order valence-electron chi connectivity index (χ0n) is 12.4. The third-order valence-corrected chi connectivity index (χ3v) is 5.08. The van der Waals surface area contributed by atoms with E-state index in [-0.39, 0.29) is 6.04 Å². The predicted octanol–water partition coefficient (Wildman–Crippen LogP) is 4.86. The lowest BCUT2D eigenvalue weighted by molar-refractivity contribution is 0.0697. The first-order valence-electron chi connectivity index (χ1n) is 7.69. The predicted molar refractivity (Wildman–Crippen MR) is 91.2 cm³/mol. The minimum atomic E-state index is -0.895. The Kier molecular flexibility index (Phi) is 3.38. The van der Waals surface area contributed by atoms with Gasteiger partial charge in [-0.05, 0) is 53.8 Å². The zero-order chi connectivity index (χ0) is 16.0. The summed E-state index contributed by atoms with van der Waals surface area (Å²) < 4.78 is 0. The number of carboxylic acid groups (broad SMARTS) is 1. The van der Waals surface area contributed by atoms with E-state index >= 15 is 0 Å². The molecule has 0 saturated carbocycles. The van der Waals surface area contributed by atoms with Gasteiger partial charge in [0.15, 0.2) is 0 Å². The first kappa shape index (κ1) is 14.3. The third-order valence-electron chi connectivity index (χ3n) is 4.84. The van der Waals surface area contributed by atoms with Crippen molar-refractivity contribution in [1.82, 2.24) is 0 Å². The molecule has 0 bridgehead atoms. The number of nitrogens with one attached hydrogen (secondary N) is 1. The molecule has 2 aromatic carbocycles. The van der Waals surface area contributed by atoms with Crippen LogP contribution >= 0.6 is 11.6 Å². The molecule has 0 fully saturated rings. The molecule has 4 rings (SSSR count). The molecule has 1 aliphatic carbocycles. The van der Waals surface area contributed by atoms with E-state index in [9.17, 15) is 4.79 Å². The fourth-order valence-electron chi connectivity index (χ4n) is 3.73. The highest BCUT2D eigenvalue weighted by atomic mass is 35.5. The summed E-state index contributed by atoms with van der Waals surface area (Å²) in [5, 5.41) is 13.4. The molecule has 0 spiro atoms. The van der Waals surface area contributed by atoms with Crippen LogP contribution in [0, 0.1) is 5.92 Å². The van der Waals surface area contributed by atoms with Gasteiger partial charge in [-0.2, -0.15) is 0 Å². The second-order valence-corrected chi connectivity index (χ2v) is 6.57. The Bertz CT molecular complexity index is 798. The summed E-state index contributed by atoms with van der Waals surface area (Å²) in [4.78, 5) is 11.0. The molecule has 4 heteroatoms. The Labute approximate surface area is 139 Å². The molecule has 0 amide bonds. The van der Waals surface area contributed by atoms with Crippen molar-refractivity contribution in [2.75, 3.05) is 5.32 Å². The van der Waals surface area contributed by atoms with Crippen LogP contribution in [-0.4, -0.2) is 11.1 Å². The maximum Gasteiger partial charge on any atom is 0.335 e. The summed E-state index contributed by atoms with van der Waals surface area (Å²) in [7, 11) is 0. The standard InChI is InChI=1S/C19H16ClNO2/c20-13-8-9-17-16(10-13)14-2-1-3-15(14)18(21-17)11-4-6-12(7-5-11)19(22)23/h1-2,4-10,14-15,18,21H,3H2,(H,22,23)/t14-,15-,18+/m0/s1. The number of hydrogen-bond acceptors (Lipinski definition) is 2. The van der Waals surface area contributed by atoms with E-state index in [0.717, 1.165) is 22.7 Å². The van der Waals surface area contributed by atoms with Crippen molar-refractivity contribution >= 4 is 23.3 Å². The number of carboxylic acids is 1. The smallest absolute Gasteiger partial charge is 0.335 e. The van der Waals surface area contributed by atoms with Crippen LogP contribution in [0.15, 0.2) is 54.6 Å². The second kappa shape index (κ2) is 5.43. The van der Waals surface area contributed by atoms with Crippen molar-refractivity contribution < 1.29 is 9.90 Å². The Morgan fingerprint density at radius 2 is 1.96 bits per heavy atom. The first-order chi connectivity index (χ1) is 11.1. The average molecular weight is 326 g/mol. The average Bonchev–Trinajstić information content (AvgIpc) is 3.04. The van der Waals surface area contributed by atoms with Crippen molar-refractivity contribution in [1.29, 1.82) is 0 Å². The summed E-state index contributed by atoms with van der Waals surface area (Å²) in [5.41, 5.74) is 3.79. The van der Waals surface area contributed by atoms with Gasteiger partial charge in [0.1, 0.15) is 0 Å². The number of anilines is 1. The fraction of sp³-hybridized carbons (Fsp3) is 0.211. The molecular formula is C19H16ClNO2. The van der Waals surface area contributed by atoms with Gasteiger partial charge in [-0.1, -0.05) is 35.9 Å². The highest BCUT2D eigenvalue weighted by Crippen LogP contribution is 2.50. The SMILES string of the molecule is O=C(O)c1ccc([C@H]2Nc3ccc(Cl)cc3[C@H]3C=CC[C@@H]32)cc1. The van der Waals surface area contributed by atoms with Gasteiger partial charge in [0.2, 0.25) is 0 Å². The molecule has 2 N–H and O–H groups in total. The Morgan fingerprint density at radius 1 is 1.17 bits per heavy atom. The normalized spacial score (nSPS) is 24.7. The number of aromatic carboxylic acids is 1. The van der Waals surface area contributed by atoms with Crippen LogP contribution in [0.1, 0.15) is 39.9 Å². The lowest BCUT2D eigenvalue weighted by atomic mass is 9.77. The zero-order valence-corrected chi connectivity index (χ0v) is 13.1. The number of benzene rings is 2. The lowest BCUT2D eigenvalue weighted by Gasteiger charge is -2.37. The largest absolute Gasteiger partial charge is 0.478 e. The van der Waals surface area contributed by atoms with E-state index in [4.69, 9.17) is 16.7 Å². The van der Waals surface area contributed by atoms with Gasteiger partial charge in [0.25, 0.3) is 0 Å². The van der Waals surface area contributed by atoms with E-state index in [0.29, 0.717) is 17.4 Å². The molecule has 1 aliphatic heterocycles. The molecule has 0 unspecified atom stereocenters. The summed E-state index contributed by atoms with van der Waals surface area (Å²) in [5.74, 6) is -0.112. The van der Waals surface area contributed by atoms with E-state index in [2.05, 4.69) is 17.5 Å². The minimum Gasteiger partial charge on any atom is -0.478 e. The Balaban J connectivity index is 1.73. The van der Waals surface area contributed by atoms with Gasteiger partial charge < -0.3 is 10.4 Å². The van der Waals surface area contributed by atoms with Crippen LogP contribution < -0.4 is 5.32 Å². The summed E-state index contributed by atoms with van der Waals surface area (Å²) >= 11 is 6.16.